The summed E-state index contributed by atoms with van der Waals surface area (Å²) in [7, 11) is 1.92. The molecule has 0 fully saturated rings. The Morgan fingerprint density at radius 2 is 0.489 bits per heavy atom. The van der Waals surface area contributed by atoms with Crippen molar-refractivity contribution in [3.05, 3.63) is 66.8 Å². The zero-order valence-corrected chi connectivity index (χ0v) is 86.9. The van der Waals surface area contributed by atoms with Crippen molar-refractivity contribution in [3.63, 3.8) is 0 Å². The number of hydrogen-bond acceptors (Lipinski definition) is 9. The molecule has 0 spiro atoms. The van der Waals surface area contributed by atoms with Gasteiger partial charge in [0.25, 0.3) is 0 Å². The zero-order chi connectivity index (χ0) is 94.8. The molecule has 6 amide bonds. The summed E-state index contributed by atoms with van der Waals surface area (Å²) in [5.41, 5.74) is 2.55. The average Bonchev–Trinajstić information content (AvgIpc) is 1.83. The van der Waals surface area contributed by atoms with Crippen LogP contribution in [0.1, 0.15) is 572 Å². The van der Waals surface area contributed by atoms with Gasteiger partial charge in [0.05, 0.1) is 24.7 Å². The third-order valence-electron chi connectivity index (χ3n) is 26.3. The molecule has 3 unspecified atom stereocenters. The molecule has 0 bridgehead atoms. The Labute approximate surface area is 807 Å². The number of imidazole rings is 3. The normalized spacial score (nSPS) is 12.0. The Kier molecular flexibility index (Phi) is 92.8. The topological polar surface area (TPSA) is 250 Å². The Morgan fingerprint density at radius 3 is 0.695 bits per heavy atom. The van der Waals surface area contributed by atoms with Crippen LogP contribution in [0.4, 0.5) is 0 Å². The van der Waals surface area contributed by atoms with E-state index in [0.717, 1.165) is 94.1 Å². The van der Waals surface area contributed by atoms with Crippen LogP contribution in [-0.2, 0) is 55.1 Å². The fourth-order valence-corrected chi connectivity index (χ4v) is 17.7. The van der Waals surface area contributed by atoms with Crippen LogP contribution >= 0.6 is 0 Å². The lowest BCUT2D eigenvalue weighted by Crippen LogP contribution is -2.48. The second kappa shape index (κ2) is 98.7. The van der Waals surface area contributed by atoms with Gasteiger partial charge in [0, 0.05) is 95.2 Å². The maximum Gasteiger partial charge on any atom is 0.242 e. The van der Waals surface area contributed by atoms with Gasteiger partial charge in [-0.2, -0.15) is 0 Å². The monoisotopic (exact) mass is 1830 g/mol. The third kappa shape index (κ3) is 85.6. The molecular formula is C113H212N12O6. The van der Waals surface area contributed by atoms with E-state index in [2.05, 4.69) is 111 Å². The van der Waals surface area contributed by atoms with E-state index in [1.807, 2.05) is 17.8 Å². The van der Waals surface area contributed by atoms with Gasteiger partial charge in [0.1, 0.15) is 18.1 Å². The van der Waals surface area contributed by atoms with Crippen LogP contribution in [0.15, 0.2) is 49.7 Å². The first-order chi connectivity index (χ1) is 64.4. The van der Waals surface area contributed by atoms with Crippen LogP contribution in [0.2, 0.25) is 0 Å². The van der Waals surface area contributed by atoms with Gasteiger partial charge in [-0.05, 0) is 64.2 Å². The molecular weight excluding hydrogens is 1620 g/mol. The molecule has 3 atom stereocenters. The van der Waals surface area contributed by atoms with E-state index in [1.165, 1.54) is 417 Å². The van der Waals surface area contributed by atoms with Crippen LogP contribution in [0.25, 0.3) is 0 Å². The summed E-state index contributed by atoms with van der Waals surface area (Å²) in [6.07, 6.45) is 117. The number of nitrogens with one attached hydrogen (secondary N) is 8. The van der Waals surface area contributed by atoms with E-state index in [1.54, 1.807) is 31.4 Å². The van der Waals surface area contributed by atoms with Crippen molar-refractivity contribution in [2.75, 3.05) is 19.6 Å². The van der Waals surface area contributed by atoms with Gasteiger partial charge in [0.15, 0.2) is 0 Å². The first-order valence-corrected chi connectivity index (χ1v) is 56.7. The van der Waals surface area contributed by atoms with E-state index in [0.29, 0.717) is 58.2 Å². The number of carbonyl (C=O) groups is 6. The molecule has 18 nitrogen and oxygen atoms in total. The number of carbonyl (C=O) groups excluding carboxylic acids is 6. The predicted molar refractivity (Wildman–Crippen MR) is 559 cm³/mol. The average molecular weight is 1840 g/mol. The zero-order valence-electron chi connectivity index (χ0n) is 86.9. The van der Waals surface area contributed by atoms with Gasteiger partial charge < -0.3 is 46.4 Å². The summed E-state index contributed by atoms with van der Waals surface area (Å²) in [4.78, 5) is 95.7. The molecule has 0 radical (unpaired) electrons. The first-order valence-electron chi connectivity index (χ1n) is 56.7. The molecule has 0 aliphatic carbocycles. The number of nitrogens with zero attached hydrogens (tertiary/aromatic N) is 4. The molecule has 131 heavy (non-hydrogen) atoms. The molecule has 760 valence electrons. The number of amides is 6. The number of aryl methyl sites for hydroxylation is 1. The number of aromatic amines is 2. The van der Waals surface area contributed by atoms with Crippen molar-refractivity contribution < 1.29 is 28.8 Å². The molecule has 0 aliphatic heterocycles. The second-order valence-electron chi connectivity index (χ2n) is 39.2. The quantitative estimate of drug-likeness (QED) is 0.0197. The van der Waals surface area contributed by atoms with Crippen molar-refractivity contribution in [2.45, 2.75) is 593 Å². The SMILES string of the molecule is CCCCCCCC/C=C/CCCCCCCCNC(=O)C(Cc1cnc[nH]1)NC(=O)CCCCCCCCCCCCCCCCC.CCCCCCCCCCCCCCCC(=O)NC(Cc1cnc[nH]1)C(=O)NCCCCCCCCCCCCCC.CCCCCCCCCCCCCCNC(=O)C(Cc1cn(C)cn1)NC(=O)CCCCCCCCCCCCC. The largest absolute Gasteiger partial charge is 0.354 e. The Morgan fingerprint density at radius 1 is 0.282 bits per heavy atom. The minimum atomic E-state index is -0.567. The Bertz CT molecular complexity index is 2940. The number of H-pyrrole nitrogens is 2. The summed E-state index contributed by atoms with van der Waals surface area (Å²) < 4.78 is 1.88. The molecule has 0 aromatic carbocycles. The second-order valence-corrected chi connectivity index (χ2v) is 39.2. The van der Waals surface area contributed by atoms with Gasteiger partial charge in [-0.1, -0.05) is 484 Å². The summed E-state index contributed by atoms with van der Waals surface area (Å²) in [5, 5.41) is 18.2. The summed E-state index contributed by atoms with van der Waals surface area (Å²) in [6, 6.07) is -1.69. The lowest BCUT2D eigenvalue weighted by molar-refractivity contribution is -0.129. The highest BCUT2D eigenvalue weighted by molar-refractivity contribution is 5.89. The molecule has 0 aliphatic rings. The van der Waals surface area contributed by atoms with Gasteiger partial charge in [-0.3, -0.25) is 28.8 Å². The number of aromatic nitrogens is 6. The van der Waals surface area contributed by atoms with E-state index < -0.39 is 18.1 Å². The first kappa shape index (κ1) is 123. The Hall–Kier alpha value is -5.81. The van der Waals surface area contributed by atoms with Crippen LogP contribution in [0, 0.1) is 0 Å². The molecule has 3 aromatic heterocycles. The molecule has 3 heterocycles. The standard InChI is InChI=1S/C42H78N4O2.C36H68N4O2.C35H66N4O2/c1-3-5-7-9-11-13-15-17-19-21-23-25-27-29-31-33-35-44-42(48)40(36-39-37-43-38-45-39)46-41(47)34-32-30-28-26-24-22-20-18-16-14-12-10-8-6-4-2;1-3-5-7-9-11-13-15-17-18-20-22-24-26-28-35(41)40-34(30-33-31-37-32-39-33)36(42)38-29-27-25-23-21-19-16-14-12-10-8-6-4-2;1-4-6-8-10-12-14-16-18-20-22-24-26-28-36-35(41)33(29-32-30-39(3)31-37-32)38-34(40)27-25-23-21-19-17-15-13-11-9-7-5-2/h17,19,37-38,40H,3-16,18,20-36H2,1-2H3,(H,43,45)(H,44,48)(H,46,47);31-32,34H,3-30H2,1-2H3,(H,37,39)(H,38,42)(H,40,41);30-31,33H,4-29H2,1-3H3,(H,36,41)(H,38,40)/b19-17+;;. The summed E-state index contributed by atoms with van der Waals surface area (Å²) in [6.45, 7) is 15.6. The predicted octanol–water partition coefficient (Wildman–Crippen LogP) is 30.6. The minimum Gasteiger partial charge on any atom is -0.354 e. The molecule has 3 rings (SSSR count). The highest BCUT2D eigenvalue weighted by atomic mass is 16.2. The molecule has 0 saturated heterocycles. The van der Waals surface area contributed by atoms with Crippen LogP contribution in [-0.4, -0.2) is 103 Å². The van der Waals surface area contributed by atoms with E-state index in [-0.39, 0.29) is 35.4 Å². The molecule has 8 N–H and O–H groups in total. The van der Waals surface area contributed by atoms with Gasteiger partial charge in [-0.25, -0.2) is 15.0 Å². The van der Waals surface area contributed by atoms with Crippen molar-refractivity contribution in [2.24, 2.45) is 7.05 Å². The lowest BCUT2D eigenvalue weighted by Gasteiger charge is -2.18. The van der Waals surface area contributed by atoms with Crippen molar-refractivity contribution in [1.82, 2.24) is 61.4 Å². The minimum absolute atomic E-state index is 0.0249. The number of rotatable bonds is 96. The van der Waals surface area contributed by atoms with E-state index in [9.17, 15) is 28.8 Å². The fourth-order valence-electron chi connectivity index (χ4n) is 17.7. The lowest BCUT2D eigenvalue weighted by atomic mass is 10.0. The van der Waals surface area contributed by atoms with Gasteiger partial charge in [-0.15, -0.1) is 0 Å². The van der Waals surface area contributed by atoms with E-state index in [4.69, 9.17) is 0 Å². The highest BCUT2D eigenvalue weighted by Crippen LogP contribution is 2.21. The van der Waals surface area contributed by atoms with Crippen molar-refractivity contribution >= 4 is 35.4 Å². The highest BCUT2D eigenvalue weighted by Gasteiger charge is 2.25. The van der Waals surface area contributed by atoms with Crippen LogP contribution in [0.3, 0.4) is 0 Å². The maximum absolute atomic E-state index is 13.0. The van der Waals surface area contributed by atoms with Crippen LogP contribution in [0.5, 0.6) is 0 Å². The van der Waals surface area contributed by atoms with E-state index >= 15 is 0 Å². The third-order valence-corrected chi connectivity index (χ3v) is 26.3. The smallest absolute Gasteiger partial charge is 0.242 e. The van der Waals surface area contributed by atoms with Gasteiger partial charge in [0.2, 0.25) is 35.4 Å². The van der Waals surface area contributed by atoms with Crippen LogP contribution < -0.4 is 31.9 Å². The molecule has 18 heteroatoms. The fraction of sp³-hybridized carbons (Fsp3) is 0.850. The molecule has 3 aromatic rings. The summed E-state index contributed by atoms with van der Waals surface area (Å²) in [5.74, 6) is -0.355. The number of allylic oxidation sites excluding steroid dienone is 2. The number of unbranched alkanes of at least 4 members (excludes halogenated alkanes) is 70. The number of hydrogen-bond donors (Lipinski definition) is 8. The Balaban J connectivity index is 0.000000986. The maximum atomic E-state index is 13.0. The van der Waals surface area contributed by atoms with Crippen molar-refractivity contribution in [1.29, 1.82) is 0 Å². The van der Waals surface area contributed by atoms with Gasteiger partial charge >= 0.3 is 0 Å². The molecule has 0 saturated carbocycles. The van der Waals surface area contributed by atoms with Crippen molar-refractivity contribution in [3.8, 4) is 0 Å². The summed E-state index contributed by atoms with van der Waals surface area (Å²) >= 11 is 0.